The first-order chi connectivity index (χ1) is 49.5. The first-order valence-corrected chi connectivity index (χ1v) is 33.9. The Morgan fingerprint density at radius 3 is 0.980 bits per heavy atom. The van der Waals surface area contributed by atoms with E-state index in [0.29, 0.717) is 34.9 Å². The molecule has 2 aromatic heterocycles. The summed E-state index contributed by atoms with van der Waals surface area (Å²) in [5.74, 6) is 3.93. The first-order valence-electron chi connectivity index (χ1n) is 33.9. The number of fused-ring (bicyclic) bond motifs is 16. The Morgan fingerprint density at radius 1 is 0.130 bits per heavy atom. The maximum absolute atomic E-state index is 5.02. The summed E-state index contributed by atoms with van der Waals surface area (Å²) in [5.41, 5.74) is 10.4. The molecule has 2 heterocycles. The zero-order chi connectivity index (χ0) is 66.0. The van der Waals surface area contributed by atoms with Gasteiger partial charge >= 0.3 is 0 Å². The molecular formula is C94H58N6. The van der Waals surface area contributed by atoms with Crippen molar-refractivity contribution in [2.45, 2.75) is 0 Å². The Bertz CT molecular complexity index is 6630. The molecule has 0 N–H and O–H groups in total. The molecule has 0 saturated heterocycles. The van der Waals surface area contributed by atoms with E-state index in [1.807, 2.05) is 60.7 Å². The van der Waals surface area contributed by atoms with Crippen LogP contribution in [0.25, 0.3) is 198 Å². The van der Waals surface area contributed by atoms with Crippen LogP contribution in [0.1, 0.15) is 0 Å². The third kappa shape index (κ3) is 10.5. The molecule has 100 heavy (non-hydrogen) atoms. The van der Waals surface area contributed by atoms with Crippen LogP contribution in [-0.2, 0) is 0 Å². The smallest absolute Gasteiger partial charge is 0.164 e. The maximum atomic E-state index is 5.02. The van der Waals surface area contributed by atoms with Gasteiger partial charge in [0.2, 0.25) is 0 Å². The van der Waals surface area contributed by atoms with Crippen LogP contribution in [0.3, 0.4) is 0 Å². The van der Waals surface area contributed by atoms with Gasteiger partial charge in [-0.05, 0) is 148 Å². The first kappa shape index (κ1) is 58.0. The van der Waals surface area contributed by atoms with Crippen molar-refractivity contribution < 1.29 is 0 Å². The summed E-state index contributed by atoms with van der Waals surface area (Å²) in [7, 11) is 0. The number of hydrogen-bond donors (Lipinski definition) is 0. The molecule has 0 saturated carbocycles. The van der Waals surface area contributed by atoms with Crippen LogP contribution < -0.4 is 0 Å². The third-order valence-electron chi connectivity index (χ3n) is 19.8. The topological polar surface area (TPSA) is 77.3 Å². The van der Waals surface area contributed by atoms with Gasteiger partial charge in [0.05, 0.1) is 0 Å². The summed E-state index contributed by atoms with van der Waals surface area (Å²) >= 11 is 0. The molecule has 0 aliphatic rings. The fourth-order valence-corrected chi connectivity index (χ4v) is 14.7. The van der Waals surface area contributed by atoms with Crippen molar-refractivity contribution in [3.63, 3.8) is 0 Å². The van der Waals surface area contributed by atoms with Gasteiger partial charge in [0, 0.05) is 33.4 Å². The lowest BCUT2D eigenvalue weighted by Gasteiger charge is -2.13. The minimum atomic E-state index is 0.649. The van der Waals surface area contributed by atoms with E-state index < -0.39 is 0 Å². The monoisotopic (exact) mass is 1270 g/mol. The standard InChI is InChI=1S/2C47H29N3/c1-2-11-34(12-3-1)45-48-46(50-47(49-45)37-22-17-30-9-4-5-13-36(30)29-37)35-20-18-32(19-21-35)39-15-8-16-42-40(39)26-24-33-25-27-41-38-14-7-6-10-31(38)23-28-43(41)44(33)42;1-2-10-34(11-3-1)45-48-46(50-47(49-45)39-21-16-30-8-4-5-12-36(30)29-39)35-19-14-31(15-20-35)37-23-25-40-38(28-37)24-27-43-42(40)26-22-33-18-17-32-9-6-7-13-41(32)44(33)43/h2*1-29H. The second-order valence-electron chi connectivity index (χ2n) is 25.7. The van der Waals surface area contributed by atoms with Gasteiger partial charge in [-0.25, -0.2) is 29.9 Å². The highest BCUT2D eigenvalue weighted by Crippen LogP contribution is 2.41. The summed E-state index contributed by atoms with van der Waals surface area (Å²) < 4.78 is 0. The summed E-state index contributed by atoms with van der Waals surface area (Å²) in [6, 6.07) is 125. The zero-order valence-corrected chi connectivity index (χ0v) is 54.2. The molecule has 6 heteroatoms. The molecule has 0 spiro atoms. The van der Waals surface area contributed by atoms with Crippen LogP contribution in [0.15, 0.2) is 352 Å². The second kappa shape index (κ2) is 24.3. The Morgan fingerprint density at radius 2 is 0.430 bits per heavy atom. The van der Waals surface area contributed by atoms with Gasteiger partial charge in [0.1, 0.15) is 0 Å². The quantitative estimate of drug-likeness (QED) is 0.141. The van der Waals surface area contributed by atoms with Crippen LogP contribution in [0.4, 0.5) is 0 Å². The Labute approximate surface area is 576 Å². The highest BCUT2D eigenvalue weighted by atomic mass is 15.0. The molecule has 0 bridgehead atoms. The van der Waals surface area contributed by atoms with Crippen LogP contribution in [0.2, 0.25) is 0 Å². The van der Waals surface area contributed by atoms with Crippen molar-refractivity contribution in [1.82, 2.24) is 29.9 Å². The van der Waals surface area contributed by atoms with Crippen LogP contribution in [0.5, 0.6) is 0 Å². The van der Waals surface area contributed by atoms with Crippen molar-refractivity contribution in [2.24, 2.45) is 0 Å². The molecule has 0 amide bonds. The molecular weight excluding hydrogens is 1210 g/mol. The number of rotatable bonds is 8. The molecule has 0 atom stereocenters. The fraction of sp³-hybridized carbons (Fsp3) is 0. The SMILES string of the molecule is c1ccc(-c2nc(-c3ccc(-c4ccc5c(ccc6c5ccc5ccc7ccccc7c56)c4)cc3)nc(-c3ccc4ccccc4c3)n2)cc1.c1ccc(-c2nc(-c3ccc(-c4cccc5c4ccc4ccc6c7ccccc7ccc6c45)cc3)nc(-c3ccc4ccccc4c3)n2)cc1. The maximum Gasteiger partial charge on any atom is 0.164 e. The highest BCUT2D eigenvalue weighted by Gasteiger charge is 2.18. The fourth-order valence-electron chi connectivity index (χ4n) is 14.7. The van der Waals surface area contributed by atoms with Gasteiger partial charge in [0.25, 0.3) is 0 Å². The van der Waals surface area contributed by atoms with E-state index in [1.54, 1.807) is 0 Å². The van der Waals surface area contributed by atoms with Gasteiger partial charge in [-0.15, -0.1) is 0 Å². The third-order valence-corrected chi connectivity index (χ3v) is 19.8. The molecule has 464 valence electrons. The minimum Gasteiger partial charge on any atom is -0.208 e. The van der Waals surface area contributed by atoms with Crippen LogP contribution >= 0.6 is 0 Å². The number of hydrogen-bond acceptors (Lipinski definition) is 6. The van der Waals surface area contributed by atoms with Gasteiger partial charge in [-0.1, -0.05) is 334 Å². The van der Waals surface area contributed by atoms with Crippen molar-refractivity contribution in [3.05, 3.63) is 352 Å². The van der Waals surface area contributed by atoms with E-state index in [-0.39, 0.29) is 0 Å². The highest BCUT2D eigenvalue weighted by molar-refractivity contribution is 6.27. The average Bonchev–Trinajstić information content (AvgIpc) is 0.753. The average molecular weight is 1270 g/mol. The zero-order valence-electron chi connectivity index (χ0n) is 54.2. The van der Waals surface area contributed by atoms with Crippen LogP contribution in [0, 0.1) is 0 Å². The van der Waals surface area contributed by atoms with Crippen molar-refractivity contribution >= 4 is 108 Å². The normalized spacial score (nSPS) is 11.6. The lowest BCUT2D eigenvalue weighted by atomic mass is 9.91. The molecule has 0 unspecified atom stereocenters. The molecule has 20 rings (SSSR count). The number of nitrogens with zero attached hydrogens (tertiary/aromatic N) is 6. The van der Waals surface area contributed by atoms with E-state index in [4.69, 9.17) is 29.9 Å². The lowest BCUT2D eigenvalue weighted by Crippen LogP contribution is -2.00. The molecule has 6 nitrogen and oxygen atoms in total. The predicted molar refractivity (Wildman–Crippen MR) is 418 cm³/mol. The van der Waals surface area contributed by atoms with E-state index >= 15 is 0 Å². The van der Waals surface area contributed by atoms with Gasteiger partial charge in [0.15, 0.2) is 34.9 Å². The van der Waals surface area contributed by atoms with Gasteiger partial charge in [-0.3, -0.25) is 0 Å². The minimum absolute atomic E-state index is 0.649. The molecule has 0 aliphatic carbocycles. The van der Waals surface area contributed by atoms with E-state index in [9.17, 15) is 0 Å². The molecule has 20 aromatic rings. The predicted octanol–water partition coefficient (Wildman–Crippen LogP) is 24.6. The second-order valence-corrected chi connectivity index (χ2v) is 25.7. The van der Waals surface area contributed by atoms with Gasteiger partial charge in [-0.2, -0.15) is 0 Å². The Hall–Kier alpha value is -13.4. The summed E-state index contributed by atoms with van der Waals surface area (Å²) in [6.45, 7) is 0. The summed E-state index contributed by atoms with van der Waals surface area (Å²) in [6.07, 6.45) is 0. The van der Waals surface area contributed by atoms with E-state index in [2.05, 4.69) is 291 Å². The van der Waals surface area contributed by atoms with Crippen molar-refractivity contribution in [3.8, 4) is 90.6 Å². The lowest BCUT2D eigenvalue weighted by molar-refractivity contribution is 1.07. The van der Waals surface area contributed by atoms with Crippen molar-refractivity contribution in [2.75, 3.05) is 0 Å². The summed E-state index contributed by atoms with van der Waals surface area (Å²) in [4.78, 5) is 29.8. The number of aromatic nitrogens is 6. The molecule has 18 aromatic carbocycles. The molecule has 0 aliphatic heterocycles. The molecule has 0 fully saturated rings. The Balaban J connectivity index is 0.000000139. The molecule has 0 radical (unpaired) electrons. The van der Waals surface area contributed by atoms with Gasteiger partial charge < -0.3 is 0 Å². The van der Waals surface area contributed by atoms with E-state index in [1.165, 1.54) is 108 Å². The largest absolute Gasteiger partial charge is 0.208 e. The van der Waals surface area contributed by atoms with Crippen LogP contribution in [-0.4, -0.2) is 29.9 Å². The number of benzene rings is 18. The Kier molecular flexibility index (Phi) is 14.1. The van der Waals surface area contributed by atoms with E-state index in [0.717, 1.165) is 55.3 Å². The summed E-state index contributed by atoms with van der Waals surface area (Å²) in [5, 5.41) is 25.0. The van der Waals surface area contributed by atoms with Crippen molar-refractivity contribution in [1.29, 1.82) is 0 Å².